The van der Waals surface area contributed by atoms with Crippen LogP contribution in [-0.2, 0) is 14.8 Å². The summed E-state index contributed by atoms with van der Waals surface area (Å²) in [7, 11) is -3.86. The quantitative estimate of drug-likeness (QED) is 0.854. The molecule has 1 atom stereocenters. The van der Waals surface area contributed by atoms with Gasteiger partial charge in [0.1, 0.15) is 6.04 Å². The third kappa shape index (κ3) is 3.56. The maximum Gasteiger partial charge on any atom is 0.391 e. The molecule has 0 bridgehead atoms. The van der Waals surface area contributed by atoms with Gasteiger partial charge >= 0.3 is 12.1 Å². The van der Waals surface area contributed by atoms with Crippen LogP contribution < -0.4 is 0 Å². The number of piperidine rings is 1. The zero-order chi connectivity index (χ0) is 16.5. The van der Waals surface area contributed by atoms with Crippen LogP contribution in [0.2, 0.25) is 0 Å². The van der Waals surface area contributed by atoms with E-state index in [9.17, 15) is 26.4 Å². The maximum atomic E-state index is 12.6. The standard InChI is InChI=1S/C13H20F3NO4S/c14-13(15,16)9-4-6-10(7-5-9)22(20,21)17-8-2-1-3-11(17)12(18)19/h9-11H,1-8H2,(H,18,19). The first-order valence-electron chi connectivity index (χ1n) is 7.44. The monoisotopic (exact) mass is 343 g/mol. The lowest BCUT2D eigenvalue weighted by molar-refractivity contribution is -0.181. The Morgan fingerprint density at radius 2 is 1.64 bits per heavy atom. The summed E-state index contributed by atoms with van der Waals surface area (Å²) in [5.74, 6) is -2.64. The molecule has 2 rings (SSSR count). The van der Waals surface area contributed by atoms with Crippen molar-refractivity contribution in [1.82, 2.24) is 4.31 Å². The summed E-state index contributed by atoms with van der Waals surface area (Å²) in [4.78, 5) is 11.2. The van der Waals surface area contributed by atoms with Crippen LogP contribution >= 0.6 is 0 Å². The summed E-state index contributed by atoms with van der Waals surface area (Å²) in [6.07, 6.45) is -3.34. The van der Waals surface area contributed by atoms with Gasteiger partial charge in [-0.05, 0) is 44.9 Å². The molecule has 2 aliphatic rings. The molecule has 1 unspecified atom stereocenters. The first-order chi connectivity index (χ1) is 10.1. The van der Waals surface area contributed by atoms with Crippen LogP contribution in [-0.4, -0.2) is 47.8 Å². The summed E-state index contributed by atoms with van der Waals surface area (Å²) >= 11 is 0. The van der Waals surface area contributed by atoms with Crippen molar-refractivity contribution in [3.63, 3.8) is 0 Å². The first-order valence-corrected chi connectivity index (χ1v) is 8.94. The number of hydrogen-bond donors (Lipinski definition) is 1. The number of sulfonamides is 1. The van der Waals surface area contributed by atoms with Gasteiger partial charge in [0, 0.05) is 6.54 Å². The van der Waals surface area contributed by atoms with E-state index in [4.69, 9.17) is 5.11 Å². The van der Waals surface area contributed by atoms with E-state index in [1.165, 1.54) is 0 Å². The Bertz CT molecular complexity index is 512. The van der Waals surface area contributed by atoms with Gasteiger partial charge in [-0.3, -0.25) is 4.79 Å². The average molecular weight is 343 g/mol. The molecule has 1 N–H and O–H groups in total. The van der Waals surface area contributed by atoms with Gasteiger partial charge in [0.2, 0.25) is 10.0 Å². The van der Waals surface area contributed by atoms with Crippen molar-refractivity contribution >= 4 is 16.0 Å². The second kappa shape index (κ2) is 6.35. The normalized spacial score (nSPS) is 31.9. The Balaban J connectivity index is 2.09. The van der Waals surface area contributed by atoms with Crippen molar-refractivity contribution in [3.05, 3.63) is 0 Å². The molecule has 0 aromatic carbocycles. The molecule has 1 aliphatic carbocycles. The highest BCUT2D eigenvalue weighted by molar-refractivity contribution is 7.89. The molecule has 1 saturated carbocycles. The van der Waals surface area contributed by atoms with E-state index in [1.807, 2.05) is 0 Å². The Hall–Kier alpha value is -0.830. The SMILES string of the molecule is O=C(O)C1CCCCN1S(=O)(=O)C1CCC(C(F)(F)F)CC1. The minimum absolute atomic E-state index is 0.0602. The summed E-state index contributed by atoms with van der Waals surface area (Å²) in [5, 5.41) is 8.27. The second-order valence-corrected chi connectivity index (χ2v) is 8.19. The molecule has 0 spiro atoms. The number of rotatable bonds is 3. The maximum absolute atomic E-state index is 12.6. The fourth-order valence-corrected chi connectivity index (χ4v) is 5.52. The average Bonchev–Trinajstić information content (AvgIpc) is 2.46. The lowest BCUT2D eigenvalue weighted by Gasteiger charge is -2.37. The van der Waals surface area contributed by atoms with Crippen molar-refractivity contribution < 1.29 is 31.5 Å². The van der Waals surface area contributed by atoms with Crippen LogP contribution in [0.3, 0.4) is 0 Å². The van der Waals surface area contributed by atoms with E-state index in [2.05, 4.69) is 0 Å². The molecule has 1 saturated heterocycles. The Morgan fingerprint density at radius 1 is 1.05 bits per heavy atom. The highest BCUT2D eigenvalue weighted by atomic mass is 32.2. The van der Waals surface area contributed by atoms with E-state index in [0.29, 0.717) is 12.8 Å². The number of aliphatic carboxylic acids is 1. The van der Waals surface area contributed by atoms with Gasteiger partial charge in [-0.15, -0.1) is 0 Å². The predicted octanol–water partition coefficient (Wildman–Crippen LogP) is 2.38. The van der Waals surface area contributed by atoms with Crippen molar-refractivity contribution in [1.29, 1.82) is 0 Å². The van der Waals surface area contributed by atoms with Crippen molar-refractivity contribution in [3.8, 4) is 0 Å². The van der Waals surface area contributed by atoms with Crippen molar-refractivity contribution in [2.75, 3.05) is 6.54 Å². The number of carboxylic acid groups (broad SMARTS) is 1. The lowest BCUT2D eigenvalue weighted by atomic mass is 9.88. The minimum Gasteiger partial charge on any atom is -0.480 e. The smallest absolute Gasteiger partial charge is 0.391 e. The largest absolute Gasteiger partial charge is 0.480 e. The fraction of sp³-hybridized carbons (Fsp3) is 0.923. The molecular weight excluding hydrogens is 323 g/mol. The van der Waals surface area contributed by atoms with Crippen LogP contribution in [0.5, 0.6) is 0 Å². The summed E-state index contributed by atoms with van der Waals surface area (Å²) in [6.45, 7) is 0.137. The van der Waals surface area contributed by atoms with Crippen LogP contribution in [0, 0.1) is 5.92 Å². The molecule has 0 aromatic heterocycles. The van der Waals surface area contributed by atoms with Gasteiger partial charge in [-0.1, -0.05) is 0 Å². The number of carbonyl (C=O) groups is 1. The van der Waals surface area contributed by atoms with E-state index < -0.39 is 39.4 Å². The molecular formula is C13H20F3NO4S. The molecule has 0 radical (unpaired) electrons. The predicted molar refractivity (Wildman–Crippen MR) is 72.7 cm³/mol. The number of carboxylic acids is 1. The number of halogens is 3. The van der Waals surface area contributed by atoms with Crippen LogP contribution in [0.1, 0.15) is 44.9 Å². The molecule has 1 aliphatic heterocycles. The van der Waals surface area contributed by atoms with Crippen LogP contribution in [0.4, 0.5) is 13.2 Å². The van der Waals surface area contributed by atoms with Gasteiger partial charge in [0.25, 0.3) is 0 Å². The van der Waals surface area contributed by atoms with Crippen molar-refractivity contribution in [2.45, 2.75) is 62.4 Å². The van der Waals surface area contributed by atoms with Gasteiger partial charge < -0.3 is 5.11 Å². The Labute approximate surface area is 127 Å². The lowest BCUT2D eigenvalue weighted by Crippen LogP contribution is -2.51. The van der Waals surface area contributed by atoms with Crippen LogP contribution in [0.25, 0.3) is 0 Å². The minimum atomic E-state index is -4.29. The molecule has 128 valence electrons. The fourth-order valence-electron chi connectivity index (χ4n) is 3.34. The molecule has 2 fully saturated rings. The second-order valence-electron chi connectivity index (χ2n) is 6.02. The number of nitrogens with zero attached hydrogens (tertiary/aromatic N) is 1. The van der Waals surface area contributed by atoms with Gasteiger partial charge in [0.15, 0.2) is 0 Å². The molecule has 0 aromatic rings. The third-order valence-corrected chi connectivity index (χ3v) is 7.03. The highest BCUT2D eigenvalue weighted by Gasteiger charge is 2.46. The molecule has 5 nitrogen and oxygen atoms in total. The summed E-state index contributed by atoms with van der Waals surface area (Å²) in [5.41, 5.74) is 0. The van der Waals surface area contributed by atoms with Gasteiger partial charge in [0.05, 0.1) is 11.2 Å². The van der Waals surface area contributed by atoms with Gasteiger partial charge in [-0.25, -0.2) is 8.42 Å². The van der Waals surface area contributed by atoms with Crippen molar-refractivity contribution in [2.24, 2.45) is 5.92 Å². The number of hydrogen-bond acceptors (Lipinski definition) is 3. The molecule has 9 heteroatoms. The molecule has 1 heterocycles. The van der Waals surface area contributed by atoms with E-state index in [0.717, 1.165) is 4.31 Å². The first kappa shape index (κ1) is 17.5. The van der Waals surface area contributed by atoms with E-state index >= 15 is 0 Å². The number of alkyl halides is 3. The van der Waals surface area contributed by atoms with Crippen LogP contribution in [0.15, 0.2) is 0 Å². The Morgan fingerprint density at radius 3 is 2.14 bits per heavy atom. The zero-order valence-corrected chi connectivity index (χ0v) is 12.9. The third-order valence-electron chi connectivity index (χ3n) is 4.62. The van der Waals surface area contributed by atoms with E-state index in [1.54, 1.807) is 0 Å². The zero-order valence-electron chi connectivity index (χ0n) is 12.1. The topological polar surface area (TPSA) is 74.7 Å². The summed E-state index contributed by atoms with van der Waals surface area (Å²) in [6, 6.07) is -1.08. The highest BCUT2D eigenvalue weighted by Crippen LogP contribution is 2.40. The van der Waals surface area contributed by atoms with E-state index in [-0.39, 0.29) is 38.6 Å². The van der Waals surface area contributed by atoms with Gasteiger partial charge in [-0.2, -0.15) is 17.5 Å². The molecule has 22 heavy (non-hydrogen) atoms. The molecule has 0 amide bonds. The Kier molecular flexibility index (Phi) is 5.06. The summed E-state index contributed by atoms with van der Waals surface area (Å²) < 4.78 is 64.1.